The third-order valence-electron chi connectivity index (χ3n) is 2.50. The average molecular weight is 223 g/mol. The zero-order chi connectivity index (χ0) is 11.1. The molecule has 0 fully saturated rings. The van der Waals surface area contributed by atoms with Crippen molar-refractivity contribution in [2.75, 3.05) is 5.88 Å². The van der Waals surface area contributed by atoms with E-state index in [1.807, 2.05) is 30.3 Å². The van der Waals surface area contributed by atoms with Gasteiger partial charge in [-0.3, -0.25) is 0 Å². The minimum Gasteiger partial charge on any atom is -0.385 e. The molecule has 1 aromatic carbocycles. The molecular weight excluding hydrogens is 208 g/mol. The van der Waals surface area contributed by atoms with E-state index in [0.29, 0.717) is 25.1 Å². The van der Waals surface area contributed by atoms with Crippen LogP contribution in [0.3, 0.4) is 0 Å². The third-order valence-corrected chi connectivity index (χ3v) is 2.69. The van der Waals surface area contributed by atoms with E-state index in [1.54, 1.807) is 0 Å². The summed E-state index contributed by atoms with van der Waals surface area (Å²) in [5.74, 6) is 2.98. The van der Waals surface area contributed by atoms with Crippen LogP contribution >= 0.6 is 11.6 Å². The highest BCUT2D eigenvalue weighted by Gasteiger charge is 2.27. The number of hydrogen-bond donors (Lipinski definition) is 1. The van der Waals surface area contributed by atoms with Crippen LogP contribution in [0.2, 0.25) is 0 Å². The molecule has 0 saturated heterocycles. The molecule has 1 rings (SSSR count). The van der Waals surface area contributed by atoms with Crippen LogP contribution in [0.5, 0.6) is 0 Å². The Hall–Kier alpha value is -0.970. The molecule has 1 nitrogen and oxygen atoms in total. The van der Waals surface area contributed by atoms with Gasteiger partial charge < -0.3 is 5.11 Å². The molecule has 0 aromatic heterocycles. The molecular formula is C13H15ClO. The van der Waals surface area contributed by atoms with Crippen LogP contribution in [0.15, 0.2) is 30.3 Å². The Kier molecular flexibility index (Phi) is 4.68. The zero-order valence-electron chi connectivity index (χ0n) is 8.62. The highest BCUT2D eigenvalue weighted by molar-refractivity contribution is 6.17. The summed E-state index contributed by atoms with van der Waals surface area (Å²) in [5.41, 5.74) is 0.0101. The van der Waals surface area contributed by atoms with Crippen LogP contribution in [-0.4, -0.2) is 11.0 Å². The molecule has 2 heteroatoms. The van der Waals surface area contributed by atoms with Gasteiger partial charge in [-0.25, -0.2) is 0 Å². The monoisotopic (exact) mass is 222 g/mol. The van der Waals surface area contributed by atoms with Gasteiger partial charge in [-0.15, -0.1) is 23.9 Å². The van der Waals surface area contributed by atoms with Crippen molar-refractivity contribution in [1.82, 2.24) is 0 Å². The van der Waals surface area contributed by atoms with Crippen LogP contribution in [0.1, 0.15) is 24.8 Å². The Morgan fingerprint density at radius 1 is 1.27 bits per heavy atom. The molecule has 0 radical (unpaired) electrons. The lowest BCUT2D eigenvalue weighted by Gasteiger charge is -2.27. The van der Waals surface area contributed by atoms with Gasteiger partial charge >= 0.3 is 0 Å². The highest BCUT2D eigenvalue weighted by atomic mass is 35.5. The lowest BCUT2D eigenvalue weighted by atomic mass is 9.87. The van der Waals surface area contributed by atoms with Gasteiger partial charge in [-0.05, 0) is 18.4 Å². The van der Waals surface area contributed by atoms with Gasteiger partial charge in [-0.1, -0.05) is 30.3 Å². The summed E-state index contributed by atoms with van der Waals surface area (Å²) in [5, 5.41) is 10.4. The SMILES string of the molecule is C#CCCC(O)(CCCl)c1ccccc1. The summed E-state index contributed by atoms with van der Waals surface area (Å²) in [6, 6.07) is 9.55. The van der Waals surface area contributed by atoms with Gasteiger partial charge in [0.05, 0.1) is 5.60 Å². The van der Waals surface area contributed by atoms with Crippen molar-refractivity contribution in [3.63, 3.8) is 0 Å². The third kappa shape index (κ3) is 3.27. The second-order valence-electron chi connectivity index (χ2n) is 3.54. The van der Waals surface area contributed by atoms with Crippen molar-refractivity contribution >= 4 is 11.6 Å². The number of aliphatic hydroxyl groups is 1. The van der Waals surface area contributed by atoms with Crippen LogP contribution in [0, 0.1) is 12.3 Å². The quantitative estimate of drug-likeness (QED) is 0.600. The van der Waals surface area contributed by atoms with Crippen molar-refractivity contribution in [2.45, 2.75) is 24.9 Å². The van der Waals surface area contributed by atoms with Gasteiger partial charge in [0, 0.05) is 12.3 Å². The van der Waals surface area contributed by atoms with E-state index in [1.165, 1.54) is 0 Å². The normalized spacial score (nSPS) is 14.2. The first-order valence-electron chi connectivity index (χ1n) is 5.00. The molecule has 1 aromatic rings. The maximum Gasteiger partial charge on any atom is 0.0917 e. The number of rotatable bonds is 5. The number of terminal acetylenes is 1. The predicted molar refractivity (Wildman–Crippen MR) is 63.7 cm³/mol. The fourth-order valence-electron chi connectivity index (χ4n) is 1.60. The molecule has 80 valence electrons. The van der Waals surface area contributed by atoms with Crippen molar-refractivity contribution in [3.8, 4) is 12.3 Å². The predicted octanol–water partition coefficient (Wildman–Crippen LogP) is 2.92. The first-order chi connectivity index (χ1) is 7.23. The summed E-state index contributed by atoms with van der Waals surface area (Å²) in [6.45, 7) is 0. The molecule has 0 bridgehead atoms. The van der Waals surface area contributed by atoms with E-state index in [9.17, 15) is 5.11 Å². The second kappa shape index (κ2) is 5.80. The van der Waals surface area contributed by atoms with Gasteiger partial charge in [0.2, 0.25) is 0 Å². The molecule has 15 heavy (non-hydrogen) atoms. The van der Waals surface area contributed by atoms with Crippen molar-refractivity contribution in [3.05, 3.63) is 35.9 Å². The Bertz CT molecular complexity index is 328. The first-order valence-corrected chi connectivity index (χ1v) is 5.54. The summed E-state index contributed by atoms with van der Waals surface area (Å²) >= 11 is 5.70. The zero-order valence-corrected chi connectivity index (χ0v) is 9.37. The fourth-order valence-corrected chi connectivity index (χ4v) is 1.91. The molecule has 0 heterocycles. The number of hydrogen-bond acceptors (Lipinski definition) is 1. The topological polar surface area (TPSA) is 20.2 Å². The molecule has 0 spiro atoms. The van der Waals surface area contributed by atoms with E-state index in [4.69, 9.17) is 18.0 Å². The van der Waals surface area contributed by atoms with E-state index >= 15 is 0 Å². The first kappa shape index (κ1) is 12.1. The van der Waals surface area contributed by atoms with E-state index < -0.39 is 5.60 Å². The summed E-state index contributed by atoms with van der Waals surface area (Å²) in [6.07, 6.45) is 6.86. The van der Waals surface area contributed by atoms with E-state index in [0.717, 1.165) is 5.56 Å². The number of benzene rings is 1. The minimum absolute atomic E-state index is 0.427. The molecule has 0 aliphatic carbocycles. The highest BCUT2D eigenvalue weighted by Crippen LogP contribution is 2.30. The molecule has 0 aliphatic rings. The second-order valence-corrected chi connectivity index (χ2v) is 3.92. The van der Waals surface area contributed by atoms with E-state index in [-0.39, 0.29) is 0 Å². The largest absolute Gasteiger partial charge is 0.385 e. The Morgan fingerprint density at radius 3 is 2.47 bits per heavy atom. The summed E-state index contributed by atoms with van der Waals surface area (Å²) in [4.78, 5) is 0. The van der Waals surface area contributed by atoms with Gasteiger partial charge in [0.1, 0.15) is 0 Å². The lowest BCUT2D eigenvalue weighted by Crippen LogP contribution is -2.26. The van der Waals surface area contributed by atoms with Gasteiger partial charge in [0.15, 0.2) is 0 Å². The fraction of sp³-hybridized carbons (Fsp3) is 0.385. The van der Waals surface area contributed by atoms with Crippen LogP contribution < -0.4 is 0 Å². The molecule has 0 aliphatic heterocycles. The maximum atomic E-state index is 10.4. The standard InChI is InChI=1S/C13H15ClO/c1-2-3-9-13(15,10-11-14)12-7-5-4-6-8-12/h1,4-8,15H,3,9-11H2. The van der Waals surface area contributed by atoms with Gasteiger partial charge in [0.25, 0.3) is 0 Å². The molecule has 1 N–H and O–H groups in total. The lowest BCUT2D eigenvalue weighted by molar-refractivity contribution is 0.0258. The van der Waals surface area contributed by atoms with Crippen molar-refractivity contribution in [1.29, 1.82) is 0 Å². The molecule has 0 amide bonds. The Labute approximate surface area is 96.1 Å². The van der Waals surface area contributed by atoms with Gasteiger partial charge in [-0.2, -0.15) is 0 Å². The van der Waals surface area contributed by atoms with Crippen LogP contribution in [0.4, 0.5) is 0 Å². The Balaban J connectivity index is 2.86. The number of alkyl halides is 1. The van der Waals surface area contributed by atoms with Crippen LogP contribution in [0.25, 0.3) is 0 Å². The number of halogens is 1. The average Bonchev–Trinajstić information content (AvgIpc) is 2.28. The summed E-state index contributed by atoms with van der Waals surface area (Å²) in [7, 11) is 0. The maximum absolute atomic E-state index is 10.4. The summed E-state index contributed by atoms with van der Waals surface area (Å²) < 4.78 is 0. The smallest absolute Gasteiger partial charge is 0.0917 e. The van der Waals surface area contributed by atoms with Crippen molar-refractivity contribution < 1.29 is 5.11 Å². The van der Waals surface area contributed by atoms with Crippen molar-refractivity contribution in [2.24, 2.45) is 0 Å². The molecule has 0 saturated carbocycles. The Morgan fingerprint density at radius 2 is 1.93 bits per heavy atom. The molecule has 1 atom stereocenters. The van der Waals surface area contributed by atoms with Crippen LogP contribution in [-0.2, 0) is 5.60 Å². The van der Waals surface area contributed by atoms with E-state index in [2.05, 4.69) is 5.92 Å². The minimum atomic E-state index is -0.880. The molecule has 1 unspecified atom stereocenters.